The summed E-state index contributed by atoms with van der Waals surface area (Å²) in [4.78, 5) is 48.8. The van der Waals surface area contributed by atoms with Crippen LogP contribution < -0.4 is 0 Å². The first kappa shape index (κ1) is 77.6. The number of ether oxygens (including phenoxy) is 3. The van der Waals surface area contributed by atoms with Gasteiger partial charge in [0.05, 0.1) is 19.8 Å². The van der Waals surface area contributed by atoms with Gasteiger partial charge in [0.2, 0.25) is 0 Å². The van der Waals surface area contributed by atoms with Gasteiger partial charge in [0.15, 0.2) is 6.10 Å². The van der Waals surface area contributed by atoms with E-state index in [9.17, 15) is 28.9 Å². The Hall–Kier alpha value is -4.38. The minimum absolute atomic E-state index is 0.118. The number of unbranched alkanes of at least 4 members (excludes halogenated alkanes) is 19. The van der Waals surface area contributed by atoms with Gasteiger partial charge in [0.25, 0.3) is 0 Å². The average molecular weight is 1160 g/mol. The first-order chi connectivity index (χ1) is 40.2. The summed E-state index contributed by atoms with van der Waals surface area (Å²) in [5.74, 6) is -1.54. The van der Waals surface area contributed by atoms with Gasteiger partial charge in [0, 0.05) is 19.3 Å². The van der Waals surface area contributed by atoms with Gasteiger partial charge in [-0.3, -0.25) is 23.4 Å². The molecule has 12 heteroatoms. The molecule has 3 atom stereocenters. The maximum atomic E-state index is 13.0. The van der Waals surface area contributed by atoms with Crippen LogP contribution in [-0.2, 0) is 42.2 Å². The van der Waals surface area contributed by atoms with Crippen LogP contribution >= 0.6 is 7.82 Å². The zero-order valence-corrected chi connectivity index (χ0v) is 52.6. The van der Waals surface area contributed by atoms with Crippen molar-refractivity contribution in [3.63, 3.8) is 0 Å². The third-order valence-electron chi connectivity index (χ3n) is 13.0. The predicted octanol–water partition coefficient (Wildman–Crippen LogP) is 19.7. The fourth-order valence-corrected chi connectivity index (χ4v) is 9.01. The lowest BCUT2D eigenvalue weighted by molar-refractivity contribution is -0.161. The number of allylic oxidation sites excluding steroid dienone is 22. The van der Waals surface area contributed by atoms with Crippen molar-refractivity contribution < 1.29 is 52.2 Å². The first-order valence-electron chi connectivity index (χ1n) is 32.1. The summed E-state index contributed by atoms with van der Waals surface area (Å²) in [6, 6.07) is 0. The van der Waals surface area contributed by atoms with Crippen molar-refractivity contribution in [2.75, 3.05) is 26.4 Å². The molecule has 3 unspecified atom stereocenters. The summed E-state index contributed by atoms with van der Waals surface area (Å²) in [5.41, 5.74) is 0. The summed E-state index contributed by atoms with van der Waals surface area (Å²) in [5, 5.41) is 9.86. The van der Waals surface area contributed by atoms with E-state index < -0.39 is 57.8 Å². The molecule has 0 rings (SSSR count). The van der Waals surface area contributed by atoms with E-state index in [4.69, 9.17) is 23.3 Å². The Bertz CT molecular complexity index is 1890. The Balaban J connectivity index is 4.81. The van der Waals surface area contributed by atoms with Crippen LogP contribution in [0.15, 0.2) is 134 Å². The number of carbonyl (C=O) groups is 3. The minimum Gasteiger partial charge on any atom is -0.462 e. The van der Waals surface area contributed by atoms with E-state index in [2.05, 4.69) is 154 Å². The van der Waals surface area contributed by atoms with Crippen molar-refractivity contribution in [2.45, 2.75) is 264 Å². The lowest BCUT2D eigenvalue weighted by atomic mass is 10.1. The quantitative estimate of drug-likeness (QED) is 0.0197. The molecule has 82 heavy (non-hydrogen) atoms. The maximum absolute atomic E-state index is 13.0. The number of rotatable bonds is 58. The molecule has 0 aromatic heterocycles. The van der Waals surface area contributed by atoms with Gasteiger partial charge >= 0.3 is 25.7 Å². The molecule has 0 radical (unpaired) electrons. The first-order valence-corrected chi connectivity index (χ1v) is 33.6. The molecule has 0 aromatic carbocycles. The van der Waals surface area contributed by atoms with E-state index >= 15 is 0 Å². The standard InChI is InChI=1S/C70H115O11P/c1-4-7-10-13-16-19-22-25-28-31-33-36-38-41-44-47-50-53-56-59-68(72)77-63-67(81-70(74)61-58-55-52-49-46-43-40-37-34-32-29-26-23-20-17-14-11-8-5-2)65-79-82(75,76)78-64-66(62-71)80-69(73)60-57-54-51-48-45-42-39-35-30-27-24-21-18-15-12-9-6-3/h8-9,11-12,16-21,25-30,33-34,36-37,43,46,66-67,71H,4-7,10,13-15,22-24,31-32,35,38-42,44-45,47-65H2,1-3H3,(H,75,76)/b11-8-,12-9-,19-16-,20-17-,21-18-,28-25-,29-26-,30-27-,36-33-,37-34-,46-43-. The number of phosphoric acid groups is 1. The molecule has 0 aromatic rings. The highest BCUT2D eigenvalue weighted by atomic mass is 31.2. The normalized spacial score (nSPS) is 14.2. The Labute approximate surface area is 500 Å². The van der Waals surface area contributed by atoms with Crippen LogP contribution in [-0.4, -0.2) is 66.5 Å². The minimum atomic E-state index is -4.78. The Morgan fingerprint density at radius 1 is 0.354 bits per heavy atom. The van der Waals surface area contributed by atoms with Gasteiger partial charge in [-0.2, -0.15) is 0 Å². The summed E-state index contributed by atoms with van der Waals surface area (Å²) in [6.07, 6.45) is 79.7. The van der Waals surface area contributed by atoms with Gasteiger partial charge in [-0.1, -0.05) is 231 Å². The van der Waals surface area contributed by atoms with E-state index in [1.165, 1.54) is 32.1 Å². The topological polar surface area (TPSA) is 155 Å². The molecule has 0 aliphatic heterocycles. The number of aliphatic hydroxyl groups excluding tert-OH is 1. The lowest BCUT2D eigenvalue weighted by Crippen LogP contribution is -2.30. The van der Waals surface area contributed by atoms with Crippen molar-refractivity contribution in [2.24, 2.45) is 0 Å². The summed E-state index contributed by atoms with van der Waals surface area (Å²) in [6.45, 7) is 4.34. The summed E-state index contributed by atoms with van der Waals surface area (Å²) < 4.78 is 39.7. The number of carbonyl (C=O) groups excluding carboxylic acids is 3. The molecule has 466 valence electrons. The molecular weight excluding hydrogens is 1050 g/mol. The van der Waals surface area contributed by atoms with Gasteiger partial charge in [-0.05, 0) is 135 Å². The van der Waals surface area contributed by atoms with E-state index in [0.717, 1.165) is 161 Å². The third-order valence-corrected chi connectivity index (χ3v) is 14.0. The van der Waals surface area contributed by atoms with Crippen molar-refractivity contribution in [3.05, 3.63) is 134 Å². The maximum Gasteiger partial charge on any atom is 0.472 e. The van der Waals surface area contributed by atoms with Crippen LogP contribution in [0, 0.1) is 0 Å². The molecule has 0 bridgehead atoms. The average Bonchev–Trinajstić information content (AvgIpc) is 3.50. The number of aliphatic hydroxyl groups is 1. The van der Waals surface area contributed by atoms with Crippen LogP contribution in [0.1, 0.15) is 252 Å². The van der Waals surface area contributed by atoms with Crippen molar-refractivity contribution >= 4 is 25.7 Å². The van der Waals surface area contributed by atoms with E-state index in [1.54, 1.807) is 0 Å². The zero-order chi connectivity index (χ0) is 59.8. The summed E-state index contributed by atoms with van der Waals surface area (Å²) >= 11 is 0. The second-order valence-electron chi connectivity index (χ2n) is 20.8. The number of esters is 3. The second kappa shape index (κ2) is 62.7. The smallest absolute Gasteiger partial charge is 0.462 e. The van der Waals surface area contributed by atoms with Crippen molar-refractivity contribution in [1.29, 1.82) is 0 Å². The van der Waals surface area contributed by atoms with E-state index in [1.807, 2.05) is 0 Å². The SMILES string of the molecule is CC/C=C\C/C=C\C/C=C\C/C=C\C/C=C\CCCCCC(=O)OC(COC(=O)CCCCCCCC/C=C\C/C=C\C/C=C\CCCCC)COP(=O)(O)OCC(CO)OC(=O)CCCCCCCCC/C=C\C/C=C\C/C=C\CC. The molecule has 0 heterocycles. The van der Waals surface area contributed by atoms with Crippen LogP contribution in [0.4, 0.5) is 0 Å². The molecule has 2 N–H and O–H groups in total. The van der Waals surface area contributed by atoms with Gasteiger partial charge < -0.3 is 24.2 Å². The molecule has 11 nitrogen and oxygen atoms in total. The highest BCUT2D eigenvalue weighted by molar-refractivity contribution is 7.47. The van der Waals surface area contributed by atoms with Gasteiger partial charge in [-0.15, -0.1) is 0 Å². The molecule has 0 saturated heterocycles. The van der Waals surface area contributed by atoms with Crippen molar-refractivity contribution in [1.82, 2.24) is 0 Å². The predicted molar refractivity (Wildman–Crippen MR) is 343 cm³/mol. The zero-order valence-electron chi connectivity index (χ0n) is 51.7. The number of phosphoric ester groups is 1. The Morgan fingerprint density at radius 2 is 0.634 bits per heavy atom. The second-order valence-corrected chi connectivity index (χ2v) is 22.3. The Morgan fingerprint density at radius 3 is 0.988 bits per heavy atom. The molecule has 0 spiro atoms. The molecule has 0 fully saturated rings. The fourth-order valence-electron chi connectivity index (χ4n) is 8.23. The molecule has 0 aliphatic carbocycles. The molecule has 0 saturated carbocycles. The largest absolute Gasteiger partial charge is 0.472 e. The number of hydrogen-bond acceptors (Lipinski definition) is 10. The third kappa shape index (κ3) is 60.2. The monoisotopic (exact) mass is 1160 g/mol. The molecular formula is C70H115O11P. The fraction of sp³-hybridized carbons (Fsp3) is 0.643. The van der Waals surface area contributed by atoms with Gasteiger partial charge in [-0.25, -0.2) is 4.57 Å². The van der Waals surface area contributed by atoms with Gasteiger partial charge in [0.1, 0.15) is 12.7 Å². The van der Waals surface area contributed by atoms with Crippen LogP contribution in [0.25, 0.3) is 0 Å². The van der Waals surface area contributed by atoms with Crippen LogP contribution in [0.5, 0.6) is 0 Å². The Kier molecular flexibility index (Phi) is 59.3. The van der Waals surface area contributed by atoms with Crippen LogP contribution in [0.3, 0.4) is 0 Å². The molecule has 0 aliphatic rings. The highest BCUT2D eigenvalue weighted by Gasteiger charge is 2.28. The van der Waals surface area contributed by atoms with Crippen LogP contribution in [0.2, 0.25) is 0 Å². The number of hydrogen-bond donors (Lipinski definition) is 2. The lowest BCUT2D eigenvalue weighted by Gasteiger charge is -2.21. The summed E-state index contributed by atoms with van der Waals surface area (Å²) in [7, 11) is -4.78. The highest BCUT2D eigenvalue weighted by Crippen LogP contribution is 2.43. The van der Waals surface area contributed by atoms with E-state index in [-0.39, 0.29) is 25.9 Å². The van der Waals surface area contributed by atoms with E-state index in [0.29, 0.717) is 19.3 Å². The van der Waals surface area contributed by atoms with Crippen molar-refractivity contribution in [3.8, 4) is 0 Å². The molecule has 0 amide bonds.